The van der Waals surface area contributed by atoms with Crippen molar-refractivity contribution in [2.75, 3.05) is 0 Å². The van der Waals surface area contributed by atoms with Crippen molar-refractivity contribution in [2.45, 2.75) is 39.8 Å². The summed E-state index contributed by atoms with van der Waals surface area (Å²) >= 11 is 1.63. The Morgan fingerprint density at radius 1 is 1.62 bits per heavy atom. The lowest BCUT2D eigenvalue weighted by atomic mass is 10.1. The van der Waals surface area contributed by atoms with E-state index in [9.17, 15) is 4.79 Å². The Kier molecular flexibility index (Phi) is 4.89. The molecule has 16 heavy (non-hydrogen) atoms. The third-order valence-electron chi connectivity index (χ3n) is 2.33. The highest BCUT2D eigenvalue weighted by Crippen LogP contribution is 2.13. The fourth-order valence-electron chi connectivity index (χ4n) is 1.41. The number of aliphatic carboxylic acids is 1. The first kappa shape index (κ1) is 13.1. The van der Waals surface area contributed by atoms with Gasteiger partial charge in [-0.05, 0) is 12.3 Å². The average molecular weight is 242 g/mol. The van der Waals surface area contributed by atoms with Crippen LogP contribution in [0.1, 0.15) is 30.7 Å². The summed E-state index contributed by atoms with van der Waals surface area (Å²) < 4.78 is 0. The molecule has 90 valence electrons. The lowest BCUT2D eigenvalue weighted by Crippen LogP contribution is -2.40. The van der Waals surface area contributed by atoms with Crippen LogP contribution in [-0.4, -0.2) is 22.1 Å². The first-order valence-corrected chi connectivity index (χ1v) is 6.26. The van der Waals surface area contributed by atoms with E-state index < -0.39 is 12.0 Å². The molecule has 0 aliphatic carbocycles. The number of aromatic nitrogens is 1. The minimum Gasteiger partial charge on any atom is -0.480 e. The second-order valence-corrected chi connectivity index (χ2v) is 5.21. The number of carbonyl (C=O) groups is 1. The zero-order chi connectivity index (χ0) is 12.1. The summed E-state index contributed by atoms with van der Waals surface area (Å²) in [6.07, 6.45) is 2.74. The number of hydrogen-bond acceptors (Lipinski definition) is 4. The molecule has 0 spiro atoms. The number of carboxylic acid groups (broad SMARTS) is 1. The summed E-state index contributed by atoms with van der Waals surface area (Å²) in [5, 5.41) is 13.1. The van der Waals surface area contributed by atoms with Gasteiger partial charge < -0.3 is 5.11 Å². The number of nitrogens with one attached hydrogen (secondary N) is 1. The Bertz CT molecular complexity index is 350. The molecule has 1 aromatic rings. The summed E-state index contributed by atoms with van der Waals surface area (Å²) in [7, 11) is 0. The smallest absolute Gasteiger partial charge is 0.320 e. The molecule has 1 atom stereocenters. The van der Waals surface area contributed by atoms with Crippen LogP contribution in [0, 0.1) is 5.92 Å². The molecule has 2 N–H and O–H groups in total. The number of rotatable bonds is 6. The zero-order valence-corrected chi connectivity index (χ0v) is 10.7. The molecule has 0 saturated heterocycles. The van der Waals surface area contributed by atoms with Gasteiger partial charge in [-0.15, -0.1) is 11.3 Å². The maximum Gasteiger partial charge on any atom is 0.320 e. The number of hydrogen-bond donors (Lipinski definition) is 2. The fraction of sp³-hybridized carbons (Fsp3) is 0.636. The zero-order valence-electron chi connectivity index (χ0n) is 9.86. The lowest BCUT2D eigenvalue weighted by Gasteiger charge is -2.16. The highest BCUT2D eigenvalue weighted by molar-refractivity contribution is 7.11. The van der Waals surface area contributed by atoms with E-state index >= 15 is 0 Å². The number of aryl methyl sites for hydroxylation is 1. The highest BCUT2D eigenvalue weighted by atomic mass is 32.1. The first-order valence-electron chi connectivity index (χ1n) is 5.44. The van der Waals surface area contributed by atoms with Crippen LogP contribution in [-0.2, 0) is 17.8 Å². The van der Waals surface area contributed by atoms with Crippen molar-refractivity contribution in [3.05, 3.63) is 16.1 Å². The van der Waals surface area contributed by atoms with Gasteiger partial charge in [0.05, 0.1) is 5.01 Å². The maximum absolute atomic E-state index is 10.9. The minimum absolute atomic E-state index is 0.0797. The van der Waals surface area contributed by atoms with Gasteiger partial charge in [0.25, 0.3) is 0 Å². The Morgan fingerprint density at radius 3 is 2.75 bits per heavy atom. The molecule has 0 bridgehead atoms. The van der Waals surface area contributed by atoms with E-state index in [1.807, 2.05) is 20.0 Å². The van der Waals surface area contributed by atoms with Crippen molar-refractivity contribution >= 4 is 17.3 Å². The SMILES string of the molecule is CCc1ncc(CNC(C(=O)O)C(C)C)s1. The third-order valence-corrected chi connectivity index (χ3v) is 3.47. The number of carboxylic acids is 1. The molecule has 0 amide bonds. The van der Waals surface area contributed by atoms with Crippen LogP contribution in [0.2, 0.25) is 0 Å². The van der Waals surface area contributed by atoms with Crippen molar-refractivity contribution in [1.29, 1.82) is 0 Å². The summed E-state index contributed by atoms with van der Waals surface area (Å²) in [6.45, 7) is 6.43. The van der Waals surface area contributed by atoms with Crippen LogP contribution < -0.4 is 5.32 Å². The second-order valence-electron chi connectivity index (χ2n) is 4.01. The van der Waals surface area contributed by atoms with Crippen LogP contribution in [0.25, 0.3) is 0 Å². The molecule has 1 aromatic heterocycles. The van der Waals surface area contributed by atoms with E-state index in [-0.39, 0.29) is 5.92 Å². The van der Waals surface area contributed by atoms with Crippen LogP contribution in [0.5, 0.6) is 0 Å². The number of thiazole rings is 1. The topological polar surface area (TPSA) is 62.2 Å². The predicted molar refractivity (Wildman–Crippen MR) is 64.6 cm³/mol. The molecular weight excluding hydrogens is 224 g/mol. The molecule has 0 aromatic carbocycles. The van der Waals surface area contributed by atoms with E-state index in [2.05, 4.69) is 17.2 Å². The standard InChI is InChI=1S/C11H18N2O2S/c1-4-9-12-5-8(16-9)6-13-10(7(2)3)11(14)15/h5,7,10,13H,4,6H2,1-3H3,(H,14,15). The van der Waals surface area contributed by atoms with Crippen LogP contribution in [0.4, 0.5) is 0 Å². The van der Waals surface area contributed by atoms with Gasteiger partial charge in [-0.2, -0.15) is 0 Å². The van der Waals surface area contributed by atoms with Crippen LogP contribution in [0.15, 0.2) is 6.20 Å². The van der Waals surface area contributed by atoms with Crippen molar-refractivity contribution in [3.63, 3.8) is 0 Å². The van der Waals surface area contributed by atoms with Gasteiger partial charge in [0.2, 0.25) is 0 Å². The van der Waals surface area contributed by atoms with Gasteiger partial charge in [-0.25, -0.2) is 4.98 Å². The lowest BCUT2D eigenvalue weighted by molar-refractivity contribution is -0.140. The van der Waals surface area contributed by atoms with Gasteiger partial charge in [0.15, 0.2) is 0 Å². The summed E-state index contributed by atoms with van der Waals surface area (Å²) in [6, 6.07) is -0.493. The van der Waals surface area contributed by atoms with Gasteiger partial charge in [0, 0.05) is 17.6 Å². The quantitative estimate of drug-likeness (QED) is 0.800. The Labute approximate surface area is 99.7 Å². The molecule has 0 aliphatic heterocycles. The molecule has 4 nitrogen and oxygen atoms in total. The normalized spacial score (nSPS) is 13.0. The molecule has 0 radical (unpaired) electrons. The highest BCUT2D eigenvalue weighted by Gasteiger charge is 2.20. The van der Waals surface area contributed by atoms with Crippen molar-refractivity contribution in [2.24, 2.45) is 5.92 Å². The average Bonchev–Trinajstić information content (AvgIpc) is 2.65. The van der Waals surface area contributed by atoms with E-state index in [0.29, 0.717) is 6.54 Å². The molecule has 1 rings (SSSR count). The van der Waals surface area contributed by atoms with Crippen molar-refractivity contribution < 1.29 is 9.90 Å². The van der Waals surface area contributed by atoms with E-state index in [1.165, 1.54) is 0 Å². The Balaban J connectivity index is 2.52. The Morgan fingerprint density at radius 2 is 2.31 bits per heavy atom. The number of nitrogens with zero attached hydrogens (tertiary/aromatic N) is 1. The van der Waals surface area contributed by atoms with Crippen molar-refractivity contribution in [1.82, 2.24) is 10.3 Å². The van der Waals surface area contributed by atoms with Crippen LogP contribution in [0.3, 0.4) is 0 Å². The van der Waals surface area contributed by atoms with Gasteiger partial charge in [-0.3, -0.25) is 10.1 Å². The molecular formula is C11H18N2O2S. The van der Waals surface area contributed by atoms with E-state index in [0.717, 1.165) is 16.3 Å². The molecule has 0 fully saturated rings. The Hall–Kier alpha value is -0.940. The summed E-state index contributed by atoms with van der Waals surface area (Å²) in [5.74, 6) is -0.716. The second kappa shape index (κ2) is 5.96. The molecule has 0 saturated carbocycles. The van der Waals surface area contributed by atoms with E-state index in [4.69, 9.17) is 5.11 Å². The van der Waals surface area contributed by atoms with E-state index in [1.54, 1.807) is 11.3 Å². The predicted octanol–water partition coefficient (Wildman–Crippen LogP) is 1.90. The summed E-state index contributed by atoms with van der Waals surface area (Å²) in [4.78, 5) is 16.3. The third kappa shape index (κ3) is 3.57. The molecule has 5 heteroatoms. The molecule has 0 aliphatic rings. The molecule has 1 heterocycles. The van der Waals surface area contributed by atoms with Gasteiger partial charge >= 0.3 is 5.97 Å². The monoisotopic (exact) mass is 242 g/mol. The van der Waals surface area contributed by atoms with Crippen molar-refractivity contribution in [3.8, 4) is 0 Å². The molecule has 1 unspecified atom stereocenters. The largest absolute Gasteiger partial charge is 0.480 e. The van der Waals surface area contributed by atoms with Gasteiger partial charge in [-0.1, -0.05) is 20.8 Å². The minimum atomic E-state index is -0.796. The first-order chi connectivity index (χ1) is 7.54. The van der Waals surface area contributed by atoms with Crippen LogP contribution >= 0.6 is 11.3 Å². The summed E-state index contributed by atoms with van der Waals surface area (Å²) in [5.41, 5.74) is 0. The van der Waals surface area contributed by atoms with Gasteiger partial charge in [0.1, 0.15) is 6.04 Å². The fourth-order valence-corrected chi connectivity index (χ4v) is 2.23. The maximum atomic E-state index is 10.9.